The van der Waals surface area contributed by atoms with Gasteiger partial charge in [0.05, 0.1) is 6.10 Å². The number of nitrogens with one attached hydrogen (secondary N) is 1. The lowest BCUT2D eigenvalue weighted by Crippen LogP contribution is -2.36. The van der Waals surface area contributed by atoms with E-state index >= 15 is 0 Å². The van der Waals surface area contributed by atoms with Crippen molar-refractivity contribution in [1.29, 1.82) is 0 Å². The molecule has 2 saturated heterocycles. The zero-order chi connectivity index (χ0) is 12.1. The summed E-state index contributed by atoms with van der Waals surface area (Å²) in [6.07, 6.45) is 3.58. The summed E-state index contributed by atoms with van der Waals surface area (Å²) < 4.78 is 10.8. The largest absolute Gasteiger partial charge is 0.381 e. The van der Waals surface area contributed by atoms with Crippen molar-refractivity contribution in [3.05, 3.63) is 0 Å². The van der Waals surface area contributed by atoms with Crippen LogP contribution in [0, 0.1) is 5.92 Å². The van der Waals surface area contributed by atoms with E-state index in [0.717, 1.165) is 45.4 Å². The number of nitrogens with two attached hydrogens (primary N) is 1. The van der Waals surface area contributed by atoms with Crippen LogP contribution in [0.1, 0.15) is 25.7 Å². The maximum atomic E-state index is 11.8. The van der Waals surface area contributed by atoms with Crippen LogP contribution in [0.15, 0.2) is 0 Å². The van der Waals surface area contributed by atoms with Gasteiger partial charge in [0.2, 0.25) is 5.91 Å². The zero-order valence-electron chi connectivity index (χ0n) is 10.2. The Kier molecular flexibility index (Phi) is 4.76. The number of ether oxygens (including phenoxy) is 2. The number of hydrogen-bond donors (Lipinski definition) is 2. The molecule has 2 fully saturated rings. The molecule has 3 unspecified atom stereocenters. The Balaban J connectivity index is 1.60. The number of carbonyl (C=O) groups is 1. The van der Waals surface area contributed by atoms with E-state index in [4.69, 9.17) is 15.2 Å². The van der Waals surface area contributed by atoms with E-state index in [1.54, 1.807) is 0 Å². The molecule has 0 spiro atoms. The standard InChI is InChI=1S/C12H22N2O3/c13-7-10-1-2-11(17-10)12(15)14-5-3-9-4-6-16-8-9/h9-11H,1-8,13H2,(H,14,15). The summed E-state index contributed by atoms with van der Waals surface area (Å²) in [6.45, 7) is 2.93. The molecule has 0 aromatic rings. The number of rotatable bonds is 5. The first kappa shape index (κ1) is 12.8. The van der Waals surface area contributed by atoms with Gasteiger partial charge in [0.25, 0.3) is 0 Å². The minimum atomic E-state index is -0.289. The van der Waals surface area contributed by atoms with Crippen molar-refractivity contribution in [3.63, 3.8) is 0 Å². The monoisotopic (exact) mass is 242 g/mol. The van der Waals surface area contributed by atoms with Crippen molar-refractivity contribution < 1.29 is 14.3 Å². The highest BCUT2D eigenvalue weighted by Crippen LogP contribution is 2.19. The maximum Gasteiger partial charge on any atom is 0.249 e. The van der Waals surface area contributed by atoms with Crippen LogP contribution in [0.4, 0.5) is 0 Å². The molecular formula is C12H22N2O3. The summed E-state index contributed by atoms with van der Waals surface area (Å²) in [5.41, 5.74) is 5.51. The molecule has 0 aromatic carbocycles. The number of hydrogen-bond acceptors (Lipinski definition) is 4. The molecule has 0 aliphatic carbocycles. The van der Waals surface area contributed by atoms with E-state index in [1.165, 1.54) is 0 Å². The highest BCUT2D eigenvalue weighted by atomic mass is 16.5. The molecule has 2 aliphatic rings. The van der Waals surface area contributed by atoms with E-state index in [1.807, 2.05) is 0 Å². The molecule has 5 heteroatoms. The van der Waals surface area contributed by atoms with Gasteiger partial charge in [-0.25, -0.2) is 0 Å². The van der Waals surface area contributed by atoms with Gasteiger partial charge in [-0.15, -0.1) is 0 Å². The predicted molar refractivity (Wildman–Crippen MR) is 63.5 cm³/mol. The fourth-order valence-electron chi connectivity index (χ4n) is 2.40. The number of carbonyl (C=O) groups excluding carboxylic acids is 1. The molecule has 5 nitrogen and oxygen atoms in total. The first-order valence-electron chi connectivity index (χ1n) is 6.50. The van der Waals surface area contributed by atoms with Crippen molar-refractivity contribution in [3.8, 4) is 0 Å². The van der Waals surface area contributed by atoms with Crippen LogP contribution in [-0.4, -0.2) is 44.4 Å². The molecule has 2 heterocycles. The third kappa shape index (κ3) is 3.66. The summed E-state index contributed by atoms with van der Waals surface area (Å²) in [4.78, 5) is 11.8. The minimum Gasteiger partial charge on any atom is -0.381 e. The van der Waals surface area contributed by atoms with Crippen molar-refractivity contribution >= 4 is 5.91 Å². The average molecular weight is 242 g/mol. The third-order valence-electron chi connectivity index (χ3n) is 3.54. The van der Waals surface area contributed by atoms with E-state index in [2.05, 4.69) is 5.32 Å². The third-order valence-corrected chi connectivity index (χ3v) is 3.54. The van der Waals surface area contributed by atoms with Crippen molar-refractivity contribution in [1.82, 2.24) is 5.32 Å². The van der Waals surface area contributed by atoms with Crippen LogP contribution in [0.5, 0.6) is 0 Å². The topological polar surface area (TPSA) is 73.6 Å². The van der Waals surface area contributed by atoms with Crippen LogP contribution in [0.25, 0.3) is 0 Å². The van der Waals surface area contributed by atoms with Gasteiger partial charge in [0.15, 0.2) is 0 Å². The fraction of sp³-hybridized carbons (Fsp3) is 0.917. The second kappa shape index (κ2) is 6.33. The van der Waals surface area contributed by atoms with Gasteiger partial charge in [0, 0.05) is 26.3 Å². The summed E-state index contributed by atoms with van der Waals surface area (Å²) in [6, 6.07) is 0. The lowest BCUT2D eigenvalue weighted by molar-refractivity contribution is -0.131. The van der Waals surface area contributed by atoms with Crippen LogP contribution < -0.4 is 11.1 Å². The molecule has 2 rings (SSSR count). The lowest BCUT2D eigenvalue weighted by Gasteiger charge is -2.13. The first-order chi connectivity index (χ1) is 8.29. The second-order valence-corrected chi connectivity index (χ2v) is 4.87. The van der Waals surface area contributed by atoms with Gasteiger partial charge in [-0.2, -0.15) is 0 Å². The smallest absolute Gasteiger partial charge is 0.249 e. The van der Waals surface area contributed by atoms with E-state index < -0.39 is 0 Å². The molecular weight excluding hydrogens is 220 g/mol. The minimum absolute atomic E-state index is 0.0138. The molecule has 0 saturated carbocycles. The van der Waals surface area contributed by atoms with Crippen LogP contribution in [0.3, 0.4) is 0 Å². The Morgan fingerprint density at radius 1 is 1.35 bits per heavy atom. The van der Waals surface area contributed by atoms with Crippen molar-refractivity contribution in [2.45, 2.75) is 37.9 Å². The predicted octanol–water partition coefficient (Wildman–Crippen LogP) is 0.0355. The Bertz CT molecular complexity index is 254. The van der Waals surface area contributed by atoms with E-state index in [-0.39, 0.29) is 18.1 Å². The van der Waals surface area contributed by atoms with E-state index in [0.29, 0.717) is 12.5 Å². The summed E-state index contributed by atoms with van der Waals surface area (Å²) in [7, 11) is 0. The van der Waals surface area contributed by atoms with Gasteiger partial charge in [0.1, 0.15) is 6.10 Å². The Morgan fingerprint density at radius 3 is 2.88 bits per heavy atom. The molecule has 1 amide bonds. The average Bonchev–Trinajstić information content (AvgIpc) is 2.99. The SMILES string of the molecule is NCC1CCC(C(=O)NCCC2CCOC2)O1. The fourth-order valence-corrected chi connectivity index (χ4v) is 2.40. The molecule has 3 atom stereocenters. The van der Waals surface area contributed by atoms with Crippen LogP contribution in [-0.2, 0) is 14.3 Å². The summed E-state index contributed by atoms with van der Waals surface area (Å²) in [5, 5.41) is 2.94. The maximum absolute atomic E-state index is 11.8. The van der Waals surface area contributed by atoms with Crippen LogP contribution in [0.2, 0.25) is 0 Å². The molecule has 2 aliphatic heterocycles. The van der Waals surface area contributed by atoms with Gasteiger partial charge < -0.3 is 20.5 Å². The Morgan fingerprint density at radius 2 is 2.24 bits per heavy atom. The molecule has 0 radical (unpaired) electrons. The highest BCUT2D eigenvalue weighted by molar-refractivity contribution is 5.80. The molecule has 0 bridgehead atoms. The quantitative estimate of drug-likeness (QED) is 0.713. The Hall–Kier alpha value is -0.650. The molecule has 0 aromatic heterocycles. The van der Waals surface area contributed by atoms with Crippen LogP contribution >= 0.6 is 0 Å². The van der Waals surface area contributed by atoms with Gasteiger partial charge in [-0.3, -0.25) is 4.79 Å². The Labute approximate surface area is 102 Å². The normalized spacial score (nSPS) is 32.9. The first-order valence-corrected chi connectivity index (χ1v) is 6.50. The summed E-state index contributed by atoms with van der Waals surface area (Å²) >= 11 is 0. The van der Waals surface area contributed by atoms with Crippen molar-refractivity contribution in [2.75, 3.05) is 26.3 Å². The highest BCUT2D eigenvalue weighted by Gasteiger charge is 2.29. The molecule has 3 N–H and O–H groups in total. The number of amides is 1. The summed E-state index contributed by atoms with van der Waals surface area (Å²) in [5.74, 6) is 0.622. The zero-order valence-corrected chi connectivity index (χ0v) is 10.2. The van der Waals surface area contributed by atoms with Gasteiger partial charge >= 0.3 is 0 Å². The second-order valence-electron chi connectivity index (χ2n) is 4.87. The van der Waals surface area contributed by atoms with Gasteiger partial charge in [-0.05, 0) is 31.6 Å². The lowest BCUT2D eigenvalue weighted by atomic mass is 10.1. The molecule has 17 heavy (non-hydrogen) atoms. The van der Waals surface area contributed by atoms with E-state index in [9.17, 15) is 4.79 Å². The molecule has 98 valence electrons. The van der Waals surface area contributed by atoms with Gasteiger partial charge in [-0.1, -0.05) is 0 Å². The van der Waals surface area contributed by atoms with Crippen molar-refractivity contribution in [2.24, 2.45) is 11.7 Å².